The Labute approximate surface area is 148 Å². The van der Waals surface area contributed by atoms with Crippen LogP contribution in [0.15, 0.2) is 12.1 Å². The Morgan fingerprint density at radius 2 is 1.62 bits per heavy atom. The van der Waals surface area contributed by atoms with Crippen LogP contribution >= 0.6 is 7.80 Å². The van der Waals surface area contributed by atoms with Crippen LogP contribution in [0.4, 0.5) is 0 Å². The first-order chi connectivity index (χ1) is 11.5. The molecule has 0 N–H and O–H groups in total. The molecule has 134 valence electrons. The second-order valence-electron chi connectivity index (χ2n) is 7.63. The van der Waals surface area contributed by atoms with Gasteiger partial charge < -0.3 is 4.57 Å². The first-order valence-electron chi connectivity index (χ1n) is 9.64. The molecular formula is C21H33O2P. The van der Waals surface area contributed by atoms with Gasteiger partial charge in [0.25, 0.3) is 0 Å². The van der Waals surface area contributed by atoms with Crippen molar-refractivity contribution in [1.82, 2.24) is 0 Å². The van der Waals surface area contributed by atoms with E-state index in [1.165, 1.54) is 44.9 Å². The molecule has 0 spiro atoms. The van der Waals surface area contributed by atoms with Crippen molar-refractivity contribution in [1.29, 1.82) is 0 Å². The molecule has 1 fully saturated rings. The van der Waals surface area contributed by atoms with Crippen LogP contribution < -0.4 is 0 Å². The van der Waals surface area contributed by atoms with Gasteiger partial charge in [-0.05, 0) is 44.2 Å². The van der Waals surface area contributed by atoms with E-state index < -0.39 is 7.80 Å². The van der Waals surface area contributed by atoms with E-state index in [1.54, 1.807) is 0 Å². The maximum atomic E-state index is 12.5. The minimum Gasteiger partial charge on any atom is -0.318 e. The monoisotopic (exact) mass is 348 g/mol. The van der Waals surface area contributed by atoms with Gasteiger partial charge in [0.1, 0.15) is 7.80 Å². The Bertz CT molecular complexity index is 562. The molecule has 1 aromatic rings. The average Bonchev–Trinajstić information content (AvgIpc) is 2.54. The van der Waals surface area contributed by atoms with E-state index in [9.17, 15) is 9.36 Å². The van der Waals surface area contributed by atoms with Gasteiger partial charge in [-0.3, -0.25) is 4.79 Å². The zero-order valence-corrected chi connectivity index (χ0v) is 16.6. The summed E-state index contributed by atoms with van der Waals surface area (Å²) in [5.41, 5.74) is 3.68. The second-order valence-corrected chi connectivity index (χ2v) is 9.43. The van der Waals surface area contributed by atoms with Gasteiger partial charge in [-0.25, -0.2) is 0 Å². The zero-order valence-electron chi connectivity index (χ0n) is 15.6. The van der Waals surface area contributed by atoms with Crippen molar-refractivity contribution in [2.24, 2.45) is 5.92 Å². The molecule has 1 aliphatic carbocycles. The van der Waals surface area contributed by atoms with Gasteiger partial charge in [0.05, 0.1) is 0 Å². The SMILES string of the molecule is Cc1cc(C)c(C(=O)[PH](=O)CCCCCC2CCCCC2)c(C)c1. The highest BCUT2D eigenvalue weighted by molar-refractivity contribution is 7.64. The van der Waals surface area contributed by atoms with Crippen molar-refractivity contribution >= 4 is 13.3 Å². The molecule has 24 heavy (non-hydrogen) atoms. The fraction of sp³-hybridized carbons (Fsp3) is 0.667. The van der Waals surface area contributed by atoms with Crippen LogP contribution in [0.5, 0.6) is 0 Å². The lowest BCUT2D eigenvalue weighted by atomic mass is 9.86. The molecule has 1 aliphatic rings. The lowest BCUT2D eigenvalue weighted by Gasteiger charge is -2.21. The Morgan fingerprint density at radius 3 is 2.25 bits per heavy atom. The quantitative estimate of drug-likeness (QED) is 0.399. The normalized spacial score (nSPS) is 17.0. The van der Waals surface area contributed by atoms with Crippen molar-refractivity contribution in [3.8, 4) is 0 Å². The van der Waals surface area contributed by atoms with Gasteiger partial charge in [-0.2, -0.15) is 0 Å². The molecule has 0 amide bonds. The summed E-state index contributed by atoms with van der Waals surface area (Å²) in [4.78, 5) is 12.5. The highest BCUT2D eigenvalue weighted by Gasteiger charge is 2.19. The average molecular weight is 348 g/mol. The topological polar surface area (TPSA) is 34.1 Å². The van der Waals surface area contributed by atoms with Gasteiger partial charge in [0.2, 0.25) is 5.52 Å². The van der Waals surface area contributed by atoms with Crippen LogP contribution in [0.25, 0.3) is 0 Å². The number of carbonyl (C=O) groups excluding carboxylic acids is 1. The van der Waals surface area contributed by atoms with E-state index in [0.717, 1.165) is 35.4 Å². The highest BCUT2D eigenvalue weighted by atomic mass is 31.1. The van der Waals surface area contributed by atoms with Crippen LogP contribution in [0.3, 0.4) is 0 Å². The van der Waals surface area contributed by atoms with Gasteiger partial charge in [0, 0.05) is 11.7 Å². The van der Waals surface area contributed by atoms with Crippen LogP contribution in [0, 0.1) is 26.7 Å². The summed E-state index contributed by atoms with van der Waals surface area (Å²) in [6.45, 7) is 5.93. The summed E-state index contributed by atoms with van der Waals surface area (Å²) in [6.07, 6.45) is 12.2. The Hall–Kier alpha value is -0.880. The summed E-state index contributed by atoms with van der Waals surface area (Å²) >= 11 is 0. The summed E-state index contributed by atoms with van der Waals surface area (Å²) in [5, 5.41) is 0. The highest BCUT2D eigenvalue weighted by Crippen LogP contribution is 2.33. The summed E-state index contributed by atoms with van der Waals surface area (Å²) in [5.74, 6) is 0.926. The van der Waals surface area contributed by atoms with Crippen molar-refractivity contribution in [3.63, 3.8) is 0 Å². The number of hydrogen-bond acceptors (Lipinski definition) is 2. The Balaban J connectivity index is 1.75. The molecule has 1 unspecified atom stereocenters. The third-order valence-corrected chi connectivity index (χ3v) is 6.96. The Kier molecular flexibility index (Phi) is 7.75. The van der Waals surface area contributed by atoms with Crippen LogP contribution in [0.1, 0.15) is 84.8 Å². The molecule has 0 radical (unpaired) electrons. The molecule has 0 heterocycles. The molecule has 3 heteroatoms. The first kappa shape index (κ1) is 19.4. The summed E-state index contributed by atoms with van der Waals surface area (Å²) < 4.78 is 12.4. The van der Waals surface area contributed by atoms with Crippen molar-refractivity contribution in [2.75, 3.05) is 6.16 Å². The van der Waals surface area contributed by atoms with Crippen molar-refractivity contribution in [2.45, 2.75) is 78.6 Å². The third-order valence-electron chi connectivity index (χ3n) is 5.40. The van der Waals surface area contributed by atoms with Gasteiger partial charge in [0.15, 0.2) is 0 Å². The molecule has 0 saturated heterocycles. The molecular weight excluding hydrogens is 315 g/mol. The van der Waals surface area contributed by atoms with E-state index in [2.05, 4.69) is 0 Å². The van der Waals surface area contributed by atoms with Gasteiger partial charge in [-0.15, -0.1) is 0 Å². The van der Waals surface area contributed by atoms with E-state index in [4.69, 9.17) is 0 Å². The number of hydrogen-bond donors (Lipinski definition) is 0. The van der Waals surface area contributed by atoms with E-state index >= 15 is 0 Å². The number of carbonyl (C=O) groups is 1. The zero-order chi connectivity index (χ0) is 17.5. The number of aryl methyl sites for hydroxylation is 3. The third kappa shape index (κ3) is 5.59. The fourth-order valence-corrected chi connectivity index (χ4v) is 5.63. The van der Waals surface area contributed by atoms with Crippen LogP contribution in [0.2, 0.25) is 0 Å². The molecule has 1 saturated carbocycles. The smallest absolute Gasteiger partial charge is 0.219 e. The predicted octanol–water partition coefficient (Wildman–Crippen LogP) is 6.45. The van der Waals surface area contributed by atoms with Crippen LogP contribution in [-0.2, 0) is 4.57 Å². The molecule has 1 aromatic carbocycles. The predicted molar refractivity (Wildman–Crippen MR) is 104 cm³/mol. The molecule has 1 atom stereocenters. The minimum absolute atomic E-state index is 0.109. The summed E-state index contributed by atoms with van der Waals surface area (Å²) in [6, 6.07) is 4.03. The standard InChI is InChI=1S/C21H33O2P/c1-16-14-17(2)20(18(3)15-16)21(22)24(23)13-9-5-8-12-19-10-6-4-7-11-19/h14-15,19,24H,4-13H2,1-3H3. The molecule has 0 bridgehead atoms. The second kappa shape index (κ2) is 9.56. The molecule has 0 aliphatic heterocycles. The maximum absolute atomic E-state index is 12.5. The molecule has 2 nitrogen and oxygen atoms in total. The first-order valence-corrected chi connectivity index (χ1v) is 11.3. The van der Waals surface area contributed by atoms with Crippen molar-refractivity contribution < 1.29 is 9.36 Å². The largest absolute Gasteiger partial charge is 0.318 e. The lowest BCUT2D eigenvalue weighted by molar-refractivity contribution is 0.107. The van der Waals surface area contributed by atoms with Gasteiger partial charge in [-0.1, -0.05) is 69.1 Å². The lowest BCUT2D eigenvalue weighted by Crippen LogP contribution is -2.06. The fourth-order valence-electron chi connectivity index (χ4n) is 4.16. The van der Waals surface area contributed by atoms with Crippen LogP contribution in [-0.4, -0.2) is 11.7 Å². The Morgan fingerprint density at radius 1 is 1.00 bits per heavy atom. The number of benzene rings is 1. The van der Waals surface area contributed by atoms with Gasteiger partial charge >= 0.3 is 0 Å². The van der Waals surface area contributed by atoms with E-state index in [0.29, 0.717) is 11.7 Å². The molecule has 2 rings (SSSR count). The minimum atomic E-state index is -2.17. The number of unbranched alkanes of at least 4 members (excludes halogenated alkanes) is 2. The van der Waals surface area contributed by atoms with E-state index in [-0.39, 0.29) is 5.52 Å². The maximum Gasteiger partial charge on any atom is 0.219 e. The number of rotatable bonds is 8. The molecule has 0 aromatic heterocycles. The van der Waals surface area contributed by atoms with Crippen molar-refractivity contribution in [3.05, 3.63) is 34.4 Å². The summed E-state index contributed by atoms with van der Waals surface area (Å²) in [7, 11) is -2.17. The van der Waals surface area contributed by atoms with E-state index in [1.807, 2.05) is 32.9 Å².